The zero-order valence-electron chi connectivity index (χ0n) is 17.5. The molecular weight excluding hydrogens is 370 g/mol. The topological polar surface area (TPSA) is 123 Å². The lowest BCUT2D eigenvalue weighted by Crippen LogP contribution is -2.46. The van der Waals surface area contributed by atoms with Crippen molar-refractivity contribution in [3.05, 3.63) is 29.6 Å². The number of aryl methyl sites for hydroxylation is 1. The molecule has 0 bridgehead atoms. The van der Waals surface area contributed by atoms with E-state index in [1.165, 1.54) is 0 Å². The number of nitrogens with zero attached hydrogens (tertiary/aromatic N) is 2. The molecule has 2 aliphatic rings. The van der Waals surface area contributed by atoms with Crippen molar-refractivity contribution >= 4 is 23.2 Å². The fourth-order valence-electron chi connectivity index (χ4n) is 3.29. The van der Waals surface area contributed by atoms with Crippen LogP contribution in [0.15, 0.2) is 23.5 Å². The fourth-order valence-corrected chi connectivity index (χ4v) is 3.29. The minimum Gasteiger partial charge on any atom is -0.476 e. The van der Waals surface area contributed by atoms with Crippen molar-refractivity contribution < 1.29 is 14.3 Å². The molecule has 8 nitrogen and oxygen atoms in total. The predicted octanol–water partition coefficient (Wildman–Crippen LogP) is 2.56. The standard InChI is InChI=1S/C21H29N5O3/c1-13-8-16(24-11-15(13)14-9-25-18(17(22)23)26-10-14)28-12-21(6-5-7-21)19(27)29-20(2,3)4/h8-9,11H,5-7,10,12H2,1-4H3,(H3,22,23)(H,25,26). The first kappa shape index (κ1) is 20.8. The lowest BCUT2D eigenvalue weighted by Gasteiger charge is -2.40. The number of ether oxygens (including phenoxy) is 2. The minimum atomic E-state index is -0.574. The van der Waals surface area contributed by atoms with E-state index < -0.39 is 11.0 Å². The Labute approximate surface area is 171 Å². The van der Waals surface area contributed by atoms with Gasteiger partial charge < -0.3 is 20.5 Å². The van der Waals surface area contributed by atoms with Crippen LogP contribution in [0.1, 0.15) is 51.2 Å². The maximum absolute atomic E-state index is 12.6. The van der Waals surface area contributed by atoms with E-state index in [0.29, 0.717) is 18.3 Å². The van der Waals surface area contributed by atoms with Crippen LogP contribution in [0.2, 0.25) is 0 Å². The monoisotopic (exact) mass is 399 g/mol. The third-order valence-corrected chi connectivity index (χ3v) is 5.12. The SMILES string of the molecule is Cc1cc(OCC2(C(=O)OC(C)(C)C)CCC2)ncc1C1=CNC(C(=N)N)=NC1. The number of nitrogens with two attached hydrogens (primary N) is 1. The number of pyridine rings is 1. The molecule has 8 heteroatoms. The van der Waals surface area contributed by atoms with Crippen molar-refractivity contribution in [1.29, 1.82) is 5.41 Å². The Morgan fingerprint density at radius 3 is 2.59 bits per heavy atom. The first-order chi connectivity index (χ1) is 13.6. The number of hydrogen-bond acceptors (Lipinski definition) is 7. The second-order valence-corrected chi connectivity index (χ2v) is 8.65. The van der Waals surface area contributed by atoms with E-state index in [-0.39, 0.29) is 18.4 Å². The third kappa shape index (κ3) is 4.75. The molecule has 0 saturated heterocycles. The molecule has 1 saturated carbocycles. The second kappa shape index (κ2) is 7.85. The largest absolute Gasteiger partial charge is 0.476 e. The van der Waals surface area contributed by atoms with Gasteiger partial charge in [-0.3, -0.25) is 15.2 Å². The zero-order chi connectivity index (χ0) is 21.2. The molecule has 1 aromatic heterocycles. The molecule has 0 unspecified atom stereocenters. The van der Waals surface area contributed by atoms with Crippen molar-refractivity contribution in [1.82, 2.24) is 10.3 Å². The van der Waals surface area contributed by atoms with Crippen LogP contribution < -0.4 is 15.8 Å². The van der Waals surface area contributed by atoms with Gasteiger partial charge in [-0.2, -0.15) is 0 Å². The van der Waals surface area contributed by atoms with Gasteiger partial charge in [0, 0.05) is 24.0 Å². The Morgan fingerprint density at radius 2 is 2.10 bits per heavy atom. The summed E-state index contributed by atoms with van der Waals surface area (Å²) in [6.45, 7) is 8.29. The van der Waals surface area contributed by atoms with E-state index in [4.69, 9.17) is 20.6 Å². The van der Waals surface area contributed by atoms with Gasteiger partial charge in [-0.1, -0.05) is 6.42 Å². The smallest absolute Gasteiger partial charge is 0.316 e. The van der Waals surface area contributed by atoms with Gasteiger partial charge >= 0.3 is 5.97 Å². The average molecular weight is 399 g/mol. The minimum absolute atomic E-state index is 0.0891. The highest BCUT2D eigenvalue weighted by Gasteiger charge is 2.47. The molecule has 156 valence electrons. The summed E-state index contributed by atoms with van der Waals surface area (Å²) < 4.78 is 11.5. The molecule has 1 aliphatic carbocycles. The van der Waals surface area contributed by atoms with E-state index in [2.05, 4.69) is 15.3 Å². The van der Waals surface area contributed by atoms with E-state index in [0.717, 1.165) is 36.0 Å². The van der Waals surface area contributed by atoms with Gasteiger partial charge in [0.25, 0.3) is 0 Å². The van der Waals surface area contributed by atoms with Crippen molar-refractivity contribution in [2.75, 3.05) is 13.2 Å². The first-order valence-electron chi connectivity index (χ1n) is 9.77. The van der Waals surface area contributed by atoms with Gasteiger partial charge in [0.2, 0.25) is 5.88 Å². The van der Waals surface area contributed by atoms with Crippen molar-refractivity contribution in [3.8, 4) is 5.88 Å². The quantitative estimate of drug-likeness (QED) is 0.384. The molecule has 3 rings (SSSR count). The Kier molecular flexibility index (Phi) is 5.64. The van der Waals surface area contributed by atoms with Crippen molar-refractivity contribution in [3.63, 3.8) is 0 Å². The predicted molar refractivity (Wildman–Crippen MR) is 112 cm³/mol. The summed E-state index contributed by atoms with van der Waals surface area (Å²) in [7, 11) is 0. The molecule has 4 N–H and O–H groups in total. The lowest BCUT2D eigenvalue weighted by atomic mass is 9.69. The summed E-state index contributed by atoms with van der Waals surface area (Å²) in [5, 5.41) is 10.3. The molecule has 1 fully saturated rings. The molecule has 0 radical (unpaired) electrons. The number of hydrogen-bond donors (Lipinski definition) is 3. The summed E-state index contributed by atoms with van der Waals surface area (Å²) in [4.78, 5) is 21.3. The number of carbonyl (C=O) groups excluding carboxylic acids is 1. The molecule has 2 heterocycles. The van der Waals surface area contributed by atoms with E-state index in [1.807, 2.05) is 33.8 Å². The number of nitrogens with one attached hydrogen (secondary N) is 2. The van der Waals surface area contributed by atoms with Crippen LogP contribution in [0.3, 0.4) is 0 Å². The van der Waals surface area contributed by atoms with Gasteiger partial charge in [0.1, 0.15) is 17.6 Å². The Balaban J connectivity index is 1.65. The normalized spacial score (nSPS) is 17.9. The highest BCUT2D eigenvalue weighted by molar-refractivity contribution is 6.39. The van der Waals surface area contributed by atoms with E-state index >= 15 is 0 Å². The molecule has 0 aromatic carbocycles. The molecule has 0 atom stereocenters. The second-order valence-electron chi connectivity index (χ2n) is 8.65. The van der Waals surface area contributed by atoms with Crippen molar-refractivity contribution in [2.45, 2.75) is 52.6 Å². The molecule has 1 aromatic rings. The van der Waals surface area contributed by atoms with E-state index in [9.17, 15) is 4.79 Å². The van der Waals surface area contributed by atoms with Crippen molar-refractivity contribution in [2.24, 2.45) is 16.1 Å². The van der Waals surface area contributed by atoms with Crippen LogP contribution in [0.5, 0.6) is 5.88 Å². The summed E-state index contributed by atoms with van der Waals surface area (Å²) in [6.07, 6.45) is 6.08. The van der Waals surface area contributed by atoms with Crippen LogP contribution in [0.25, 0.3) is 5.57 Å². The Bertz CT molecular complexity index is 879. The number of carbonyl (C=O) groups is 1. The molecule has 29 heavy (non-hydrogen) atoms. The number of aromatic nitrogens is 1. The highest BCUT2D eigenvalue weighted by atomic mass is 16.6. The van der Waals surface area contributed by atoms with Crippen LogP contribution in [-0.2, 0) is 9.53 Å². The van der Waals surface area contributed by atoms with Gasteiger partial charge in [-0.25, -0.2) is 4.98 Å². The van der Waals surface area contributed by atoms with Crippen LogP contribution in [-0.4, -0.2) is 41.4 Å². The van der Waals surface area contributed by atoms with E-state index in [1.54, 1.807) is 12.4 Å². The number of esters is 1. The third-order valence-electron chi connectivity index (χ3n) is 5.12. The number of rotatable bonds is 6. The average Bonchev–Trinajstić information content (AvgIpc) is 2.59. The summed E-state index contributed by atoms with van der Waals surface area (Å²) in [6, 6.07) is 1.86. The number of aliphatic imine (C=N–C) groups is 1. The molecule has 1 aliphatic heterocycles. The Morgan fingerprint density at radius 1 is 1.38 bits per heavy atom. The molecular formula is C21H29N5O3. The van der Waals surface area contributed by atoms with Crippen LogP contribution in [0.4, 0.5) is 0 Å². The summed E-state index contributed by atoms with van der Waals surface area (Å²) in [5.74, 6) is 0.571. The fraction of sp³-hybridized carbons (Fsp3) is 0.524. The summed E-state index contributed by atoms with van der Waals surface area (Å²) >= 11 is 0. The van der Waals surface area contributed by atoms with Crippen LogP contribution >= 0.6 is 0 Å². The van der Waals surface area contributed by atoms with Gasteiger partial charge in [0.05, 0.1) is 6.54 Å². The first-order valence-corrected chi connectivity index (χ1v) is 9.77. The maximum Gasteiger partial charge on any atom is 0.316 e. The molecule has 0 amide bonds. The van der Waals surface area contributed by atoms with Gasteiger partial charge in [-0.15, -0.1) is 0 Å². The number of amidine groups is 2. The van der Waals surface area contributed by atoms with Gasteiger partial charge in [-0.05, 0) is 51.7 Å². The Hall–Kier alpha value is -2.90. The van der Waals surface area contributed by atoms with Crippen LogP contribution in [0, 0.1) is 17.7 Å². The molecule has 0 spiro atoms. The van der Waals surface area contributed by atoms with Gasteiger partial charge in [0.15, 0.2) is 11.7 Å². The zero-order valence-corrected chi connectivity index (χ0v) is 17.5. The lowest BCUT2D eigenvalue weighted by molar-refractivity contribution is -0.176. The maximum atomic E-state index is 12.6. The summed E-state index contributed by atoms with van der Waals surface area (Å²) in [5.41, 5.74) is 7.24. The highest BCUT2D eigenvalue weighted by Crippen LogP contribution is 2.43.